The number of rotatable bonds is 10. The van der Waals surface area contributed by atoms with Crippen LogP contribution < -0.4 is 33.8 Å². The zero-order chi connectivity index (χ0) is 29.0. The molecular weight excluding hydrogens is 600 g/mol. The van der Waals surface area contributed by atoms with Gasteiger partial charge in [0.1, 0.15) is 6.61 Å². The summed E-state index contributed by atoms with van der Waals surface area (Å²) >= 11 is 4.82. The number of thiazole rings is 1. The molecule has 0 N–H and O–H groups in total. The van der Waals surface area contributed by atoms with Crippen molar-refractivity contribution >= 4 is 39.3 Å². The van der Waals surface area contributed by atoms with Crippen molar-refractivity contribution in [3.8, 4) is 23.0 Å². The number of halogens is 1. The highest BCUT2D eigenvalue weighted by Crippen LogP contribution is 2.41. The summed E-state index contributed by atoms with van der Waals surface area (Å²) in [6.07, 6.45) is 3.36. The van der Waals surface area contributed by atoms with Crippen LogP contribution in [-0.2, 0) is 9.53 Å². The van der Waals surface area contributed by atoms with Crippen molar-refractivity contribution in [2.45, 2.75) is 19.9 Å². The van der Waals surface area contributed by atoms with Crippen LogP contribution in [-0.4, -0.2) is 45.1 Å². The Hall–Kier alpha value is -3.83. The average Bonchev–Trinajstić information content (AvgIpc) is 3.25. The Bertz CT molecular complexity index is 1670. The van der Waals surface area contributed by atoms with Crippen LogP contribution in [0.1, 0.15) is 31.0 Å². The summed E-state index contributed by atoms with van der Waals surface area (Å²) in [6, 6.07) is 8.06. The highest BCUT2D eigenvalue weighted by Gasteiger charge is 2.35. The number of para-hydroxylation sites is 1. The van der Waals surface area contributed by atoms with Gasteiger partial charge in [0.05, 0.1) is 49.8 Å². The molecule has 1 atom stereocenters. The fourth-order valence-corrected chi connectivity index (χ4v) is 5.99. The van der Waals surface area contributed by atoms with E-state index in [-0.39, 0.29) is 24.3 Å². The van der Waals surface area contributed by atoms with E-state index in [1.54, 1.807) is 51.3 Å². The van der Waals surface area contributed by atoms with Crippen molar-refractivity contribution in [2.24, 2.45) is 4.99 Å². The number of ether oxygens (including phenoxy) is 5. The number of allylic oxidation sites excluding steroid dienone is 1. The monoisotopic (exact) mass is 628 g/mol. The first kappa shape index (κ1) is 29.2. The van der Waals surface area contributed by atoms with E-state index in [0.29, 0.717) is 53.6 Å². The van der Waals surface area contributed by atoms with Crippen molar-refractivity contribution in [1.29, 1.82) is 0 Å². The number of methoxy groups -OCH3 is 3. The number of aromatic nitrogens is 1. The minimum absolute atomic E-state index is 0.170. The molecule has 1 aliphatic heterocycles. The Morgan fingerprint density at radius 1 is 1.15 bits per heavy atom. The Kier molecular flexibility index (Phi) is 9.16. The number of benzene rings is 2. The first-order valence-corrected chi connectivity index (χ1v) is 13.9. The maximum Gasteiger partial charge on any atom is 0.338 e. The molecule has 1 aliphatic rings. The van der Waals surface area contributed by atoms with E-state index in [2.05, 4.69) is 27.5 Å². The van der Waals surface area contributed by atoms with E-state index in [0.717, 1.165) is 0 Å². The second kappa shape index (κ2) is 12.6. The van der Waals surface area contributed by atoms with Gasteiger partial charge in [-0.25, -0.2) is 9.79 Å². The van der Waals surface area contributed by atoms with E-state index in [9.17, 15) is 9.59 Å². The lowest BCUT2D eigenvalue weighted by atomic mass is 9.95. The molecule has 1 aromatic heterocycles. The van der Waals surface area contributed by atoms with Crippen LogP contribution in [0.4, 0.5) is 0 Å². The van der Waals surface area contributed by atoms with Gasteiger partial charge in [0.15, 0.2) is 27.8 Å². The van der Waals surface area contributed by atoms with Crippen molar-refractivity contribution in [3.63, 3.8) is 0 Å². The first-order valence-electron chi connectivity index (χ1n) is 12.3. The van der Waals surface area contributed by atoms with Gasteiger partial charge >= 0.3 is 5.97 Å². The van der Waals surface area contributed by atoms with Crippen LogP contribution >= 0.6 is 27.3 Å². The predicted octanol–water partition coefficient (Wildman–Crippen LogP) is 4.15. The summed E-state index contributed by atoms with van der Waals surface area (Å²) in [7, 11) is 4.61. The largest absolute Gasteiger partial charge is 0.493 e. The second-order valence-electron chi connectivity index (χ2n) is 8.51. The Labute approximate surface area is 243 Å². The molecule has 0 aliphatic carbocycles. The van der Waals surface area contributed by atoms with Crippen LogP contribution in [0.3, 0.4) is 0 Å². The maximum absolute atomic E-state index is 14.1. The average molecular weight is 630 g/mol. The SMILES string of the molecule is C=CCOc1c(/C=c2\sc3n(c2=O)[C@H](c2cc(OC)c(OC)cc2Br)C(C(=O)OCC)=C(C)N=3)cccc1OC. The zero-order valence-electron chi connectivity index (χ0n) is 22.8. The third kappa shape index (κ3) is 5.44. The van der Waals surface area contributed by atoms with Gasteiger partial charge in [-0.2, -0.15) is 0 Å². The van der Waals surface area contributed by atoms with Crippen LogP contribution in [0.25, 0.3) is 6.08 Å². The molecule has 0 fully saturated rings. The summed E-state index contributed by atoms with van der Waals surface area (Å²) in [5, 5.41) is 0. The molecular formula is C29H29BrN2O7S. The number of hydrogen-bond donors (Lipinski definition) is 0. The number of carbonyl (C=O) groups is 1. The number of nitrogens with zero attached hydrogens (tertiary/aromatic N) is 2. The predicted molar refractivity (Wildman–Crippen MR) is 156 cm³/mol. The quantitative estimate of drug-likeness (QED) is 0.246. The highest BCUT2D eigenvalue weighted by molar-refractivity contribution is 9.10. The lowest BCUT2D eigenvalue weighted by Crippen LogP contribution is -2.40. The standard InChI is InChI=1S/C29H29BrN2O7S/c1-7-12-39-26-17(10-9-11-20(26)35-4)13-23-27(33)32-25(18-14-21(36-5)22(37-6)15-19(18)30)24(28(34)38-8-2)16(3)31-29(32)40-23/h7,9-11,13-15,25H,1,8,12H2,2-6H3/b23-13-/t25-/m1/s1. The summed E-state index contributed by atoms with van der Waals surface area (Å²) in [5.74, 6) is 1.39. The van der Waals surface area contributed by atoms with Crippen LogP contribution in [0.2, 0.25) is 0 Å². The van der Waals surface area contributed by atoms with Crippen LogP contribution in [0.15, 0.2) is 68.5 Å². The topological polar surface area (TPSA) is 97.6 Å². The lowest BCUT2D eigenvalue weighted by Gasteiger charge is -2.26. The van der Waals surface area contributed by atoms with Crippen molar-refractivity contribution < 1.29 is 28.5 Å². The van der Waals surface area contributed by atoms with Gasteiger partial charge in [-0.05, 0) is 43.7 Å². The van der Waals surface area contributed by atoms with Crippen LogP contribution in [0, 0.1) is 0 Å². The molecule has 3 aromatic rings. The molecule has 11 heteroatoms. The smallest absolute Gasteiger partial charge is 0.338 e. The minimum atomic E-state index is -0.839. The zero-order valence-corrected chi connectivity index (χ0v) is 25.2. The molecule has 0 saturated heterocycles. The fourth-order valence-electron chi connectivity index (χ4n) is 4.41. The summed E-state index contributed by atoms with van der Waals surface area (Å²) in [5.41, 5.74) is 1.64. The molecule has 4 rings (SSSR count). The molecule has 9 nitrogen and oxygen atoms in total. The second-order valence-corrected chi connectivity index (χ2v) is 10.4. The van der Waals surface area contributed by atoms with Gasteiger partial charge in [0.25, 0.3) is 5.56 Å². The van der Waals surface area contributed by atoms with E-state index < -0.39 is 12.0 Å². The van der Waals surface area contributed by atoms with Crippen molar-refractivity contribution in [1.82, 2.24) is 4.57 Å². The Balaban J connectivity index is 2.01. The van der Waals surface area contributed by atoms with Gasteiger partial charge in [-0.1, -0.05) is 52.1 Å². The Morgan fingerprint density at radius 2 is 1.85 bits per heavy atom. The molecule has 0 amide bonds. The van der Waals surface area contributed by atoms with Gasteiger partial charge in [-0.3, -0.25) is 9.36 Å². The third-order valence-electron chi connectivity index (χ3n) is 6.18. The van der Waals surface area contributed by atoms with Gasteiger partial charge in [-0.15, -0.1) is 0 Å². The van der Waals surface area contributed by atoms with Crippen molar-refractivity contribution in [3.05, 3.63) is 89.5 Å². The van der Waals surface area contributed by atoms with Gasteiger partial charge in [0, 0.05) is 10.0 Å². The molecule has 0 unspecified atom stereocenters. The van der Waals surface area contributed by atoms with E-state index >= 15 is 0 Å². The molecule has 0 radical (unpaired) electrons. The highest BCUT2D eigenvalue weighted by atomic mass is 79.9. The number of esters is 1. The van der Waals surface area contributed by atoms with Crippen LogP contribution in [0.5, 0.6) is 23.0 Å². The summed E-state index contributed by atoms with van der Waals surface area (Å²) in [4.78, 5) is 32.4. The van der Waals surface area contributed by atoms with Crippen molar-refractivity contribution in [2.75, 3.05) is 34.5 Å². The molecule has 0 bridgehead atoms. The molecule has 0 spiro atoms. The number of fused-ring (bicyclic) bond motifs is 1. The number of hydrogen-bond acceptors (Lipinski definition) is 9. The number of carbonyl (C=O) groups excluding carboxylic acids is 1. The third-order valence-corrected chi connectivity index (χ3v) is 7.85. The van der Waals surface area contributed by atoms with E-state index in [1.165, 1.54) is 30.1 Å². The molecule has 40 heavy (non-hydrogen) atoms. The Morgan fingerprint density at radius 3 is 2.50 bits per heavy atom. The molecule has 2 aromatic carbocycles. The normalized spacial score (nSPS) is 14.8. The summed E-state index contributed by atoms with van der Waals surface area (Å²) in [6.45, 7) is 7.60. The van der Waals surface area contributed by atoms with Gasteiger partial charge in [0.2, 0.25) is 0 Å². The summed E-state index contributed by atoms with van der Waals surface area (Å²) < 4.78 is 30.2. The van der Waals surface area contributed by atoms with E-state index in [4.69, 9.17) is 23.7 Å². The minimum Gasteiger partial charge on any atom is -0.493 e. The van der Waals surface area contributed by atoms with Gasteiger partial charge < -0.3 is 23.7 Å². The molecule has 210 valence electrons. The van der Waals surface area contributed by atoms with E-state index in [1.807, 2.05) is 12.1 Å². The first-order chi connectivity index (χ1) is 19.3. The fraction of sp³-hybridized carbons (Fsp3) is 0.276. The molecule has 0 saturated carbocycles. The molecule has 2 heterocycles. The maximum atomic E-state index is 14.1. The lowest BCUT2D eigenvalue weighted by molar-refractivity contribution is -0.139.